The fourth-order valence-electron chi connectivity index (χ4n) is 2.39. The molecule has 25 heavy (non-hydrogen) atoms. The predicted molar refractivity (Wildman–Crippen MR) is 101 cm³/mol. The van der Waals surface area contributed by atoms with Gasteiger partial charge in [0.1, 0.15) is 0 Å². The second kappa shape index (κ2) is 7.09. The molecule has 0 saturated heterocycles. The molecule has 0 amide bonds. The average molecular weight is 372 g/mol. The van der Waals surface area contributed by atoms with E-state index < -0.39 is 15.3 Å². The summed E-state index contributed by atoms with van der Waals surface area (Å²) in [5, 5.41) is 1.40. The predicted octanol–water partition coefficient (Wildman–Crippen LogP) is 4.42. The van der Waals surface area contributed by atoms with Crippen molar-refractivity contribution in [1.82, 2.24) is 0 Å². The fourth-order valence-corrected chi connectivity index (χ4v) is 3.50. The van der Waals surface area contributed by atoms with Gasteiger partial charge in [-0.15, -0.1) is 0 Å². The first kappa shape index (κ1) is 17.2. The first-order valence-electron chi connectivity index (χ1n) is 7.43. The molecule has 3 aromatic carbocycles. The molecule has 0 aliphatic rings. The Morgan fingerprint density at radius 1 is 0.920 bits per heavy atom. The number of benzene rings is 3. The number of allylic oxidation sites excluding steroid dienone is 1. The van der Waals surface area contributed by atoms with E-state index >= 15 is 0 Å². The third-order valence-electron chi connectivity index (χ3n) is 3.60. The number of fused-ring (bicyclic) bond motifs is 1. The molecule has 0 aliphatic carbocycles. The molecular weight excluding hydrogens is 358 g/mol. The highest BCUT2D eigenvalue weighted by molar-refractivity contribution is 7.92. The lowest BCUT2D eigenvalue weighted by Gasteiger charge is -2.09. The van der Waals surface area contributed by atoms with Gasteiger partial charge in [0.2, 0.25) is 5.24 Å². The standard InChI is InChI=1S/C19H14ClNO3S/c20-19(22)12-7-14-5-10-18(11-6-14)25(23,24)21-17-9-8-15-3-1-2-4-16(15)13-17/h1-13,21H/b12-7+. The Bertz CT molecular complexity index is 1060. The minimum absolute atomic E-state index is 0.134. The molecule has 0 unspecified atom stereocenters. The Balaban J connectivity index is 1.84. The maximum Gasteiger partial charge on any atom is 0.261 e. The maximum absolute atomic E-state index is 12.5. The van der Waals surface area contributed by atoms with Crippen molar-refractivity contribution in [3.05, 3.63) is 78.4 Å². The minimum Gasteiger partial charge on any atom is -0.280 e. The van der Waals surface area contributed by atoms with Crippen molar-refractivity contribution in [2.45, 2.75) is 4.90 Å². The topological polar surface area (TPSA) is 63.2 Å². The Kier molecular flexibility index (Phi) is 4.88. The molecule has 4 nitrogen and oxygen atoms in total. The summed E-state index contributed by atoms with van der Waals surface area (Å²) in [6, 6.07) is 19.2. The van der Waals surface area contributed by atoms with Crippen LogP contribution in [-0.4, -0.2) is 13.7 Å². The number of hydrogen-bond donors (Lipinski definition) is 1. The molecule has 0 aromatic heterocycles. The van der Waals surface area contributed by atoms with Crippen LogP contribution in [0, 0.1) is 0 Å². The lowest BCUT2D eigenvalue weighted by atomic mass is 10.1. The molecule has 0 fully saturated rings. The fraction of sp³-hybridized carbons (Fsp3) is 0. The number of nitrogens with one attached hydrogen (secondary N) is 1. The average Bonchev–Trinajstić information content (AvgIpc) is 2.60. The molecule has 0 bridgehead atoms. The largest absolute Gasteiger partial charge is 0.280 e. The van der Waals surface area contributed by atoms with Gasteiger partial charge in [-0.1, -0.05) is 48.5 Å². The van der Waals surface area contributed by atoms with Crippen molar-refractivity contribution in [3.8, 4) is 0 Å². The molecule has 6 heteroatoms. The van der Waals surface area contributed by atoms with Crippen LogP contribution in [0.25, 0.3) is 16.8 Å². The lowest BCUT2D eigenvalue weighted by Crippen LogP contribution is -2.12. The second-order valence-electron chi connectivity index (χ2n) is 5.37. The Morgan fingerprint density at radius 2 is 1.60 bits per heavy atom. The Hall–Kier alpha value is -2.63. The van der Waals surface area contributed by atoms with E-state index in [-0.39, 0.29) is 4.90 Å². The van der Waals surface area contributed by atoms with E-state index in [1.165, 1.54) is 24.3 Å². The van der Waals surface area contributed by atoms with Crippen LogP contribution in [0.3, 0.4) is 0 Å². The van der Waals surface area contributed by atoms with Crippen molar-refractivity contribution in [1.29, 1.82) is 0 Å². The lowest BCUT2D eigenvalue weighted by molar-refractivity contribution is -0.107. The smallest absolute Gasteiger partial charge is 0.261 e. The molecule has 3 aromatic rings. The van der Waals surface area contributed by atoms with Crippen LogP contribution in [-0.2, 0) is 14.8 Å². The highest BCUT2D eigenvalue weighted by Gasteiger charge is 2.14. The summed E-state index contributed by atoms with van der Waals surface area (Å²) in [5.41, 5.74) is 1.18. The van der Waals surface area contributed by atoms with Crippen molar-refractivity contribution in [2.75, 3.05) is 4.72 Å². The molecule has 0 spiro atoms. The first-order valence-corrected chi connectivity index (χ1v) is 9.29. The molecule has 3 rings (SSSR count). The van der Waals surface area contributed by atoms with E-state index in [9.17, 15) is 13.2 Å². The number of halogens is 1. The molecule has 0 heterocycles. The Labute approximate surface area is 150 Å². The molecule has 0 saturated carbocycles. The maximum atomic E-state index is 12.5. The van der Waals surface area contributed by atoms with Gasteiger partial charge in [-0.2, -0.15) is 0 Å². The summed E-state index contributed by atoms with van der Waals surface area (Å²) in [4.78, 5) is 10.8. The highest BCUT2D eigenvalue weighted by Crippen LogP contribution is 2.22. The number of rotatable bonds is 5. The third-order valence-corrected chi connectivity index (χ3v) is 5.12. The molecule has 126 valence electrons. The monoisotopic (exact) mass is 371 g/mol. The van der Waals surface area contributed by atoms with Crippen LogP contribution >= 0.6 is 11.6 Å². The van der Waals surface area contributed by atoms with E-state index in [1.807, 2.05) is 30.3 Å². The molecule has 0 radical (unpaired) electrons. The summed E-state index contributed by atoms with van der Waals surface area (Å²) < 4.78 is 27.6. The number of anilines is 1. The minimum atomic E-state index is -3.70. The van der Waals surface area contributed by atoms with Gasteiger partial charge in [0.15, 0.2) is 0 Å². The second-order valence-corrected chi connectivity index (χ2v) is 7.43. The number of carbonyl (C=O) groups excluding carboxylic acids is 1. The molecular formula is C19H14ClNO3S. The van der Waals surface area contributed by atoms with Crippen molar-refractivity contribution < 1.29 is 13.2 Å². The summed E-state index contributed by atoms with van der Waals surface area (Å²) in [6.07, 6.45) is 2.72. The van der Waals surface area contributed by atoms with Gasteiger partial charge < -0.3 is 0 Å². The summed E-state index contributed by atoms with van der Waals surface area (Å²) in [7, 11) is -3.70. The number of carbonyl (C=O) groups is 1. The zero-order valence-corrected chi connectivity index (χ0v) is 14.6. The van der Waals surface area contributed by atoms with E-state index in [0.29, 0.717) is 11.3 Å². The van der Waals surface area contributed by atoms with Gasteiger partial charge in [0.05, 0.1) is 4.90 Å². The van der Waals surface area contributed by atoms with Gasteiger partial charge in [0, 0.05) is 5.69 Å². The van der Waals surface area contributed by atoms with Gasteiger partial charge in [-0.25, -0.2) is 8.42 Å². The van der Waals surface area contributed by atoms with Crippen molar-refractivity contribution in [3.63, 3.8) is 0 Å². The molecule has 0 aliphatic heterocycles. The van der Waals surface area contributed by atoms with Gasteiger partial charge in [0.25, 0.3) is 10.0 Å². The van der Waals surface area contributed by atoms with Crippen LogP contribution < -0.4 is 4.72 Å². The molecule has 0 atom stereocenters. The normalized spacial score (nSPS) is 11.7. The van der Waals surface area contributed by atoms with Crippen LogP contribution in [0.5, 0.6) is 0 Å². The van der Waals surface area contributed by atoms with Gasteiger partial charge in [-0.3, -0.25) is 9.52 Å². The van der Waals surface area contributed by atoms with Crippen LogP contribution in [0.4, 0.5) is 5.69 Å². The zero-order chi connectivity index (χ0) is 17.9. The van der Waals surface area contributed by atoms with E-state index in [0.717, 1.165) is 10.8 Å². The van der Waals surface area contributed by atoms with E-state index in [2.05, 4.69) is 4.72 Å². The third kappa shape index (κ3) is 4.26. The van der Waals surface area contributed by atoms with Crippen molar-refractivity contribution in [2.24, 2.45) is 0 Å². The zero-order valence-electron chi connectivity index (χ0n) is 13.0. The highest BCUT2D eigenvalue weighted by atomic mass is 35.5. The van der Waals surface area contributed by atoms with E-state index in [4.69, 9.17) is 11.6 Å². The molecule has 1 N–H and O–H groups in total. The SMILES string of the molecule is O=C(Cl)/C=C/c1ccc(S(=O)(=O)Nc2ccc3ccccc3c2)cc1. The van der Waals surface area contributed by atoms with Gasteiger partial charge in [-0.05, 0) is 58.3 Å². The summed E-state index contributed by atoms with van der Waals surface area (Å²) in [6.45, 7) is 0. The summed E-state index contributed by atoms with van der Waals surface area (Å²) in [5.74, 6) is 0. The van der Waals surface area contributed by atoms with Crippen LogP contribution in [0.1, 0.15) is 5.56 Å². The van der Waals surface area contributed by atoms with Crippen LogP contribution in [0.15, 0.2) is 77.7 Å². The summed E-state index contributed by atoms with van der Waals surface area (Å²) >= 11 is 5.23. The van der Waals surface area contributed by atoms with Crippen LogP contribution in [0.2, 0.25) is 0 Å². The quantitative estimate of drug-likeness (QED) is 0.533. The first-order chi connectivity index (χ1) is 11.9. The van der Waals surface area contributed by atoms with Gasteiger partial charge >= 0.3 is 0 Å². The number of sulfonamides is 1. The number of hydrogen-bond acceptors (Lipinski definition) is 3. The Morgan fingerprint density at radius 3 is 2.28 bits per heavy atom. The van der Waals surface area contributed by atoms with E-state index in [1.54, 1.807) is 24.3 Å². The van der Waals surface area contributed by atoms with Crippen molar-refractivity contribution >= 4 is 49.4 Å².